The Kier molecular flexibility index (Phi) is 73.6. The summed E-state index contributed by atoms with van der Waals surface area (Å²) >= 11 is 1.13. The third-order valence-corrected chi connectivity index (χ3v) is 0. The zero-order valence-corrected chi connectivity index (χ0v) is 10.9. The third kappa shape index (κ3) is 8.83. The molecule has 0 aliphatic carbocycles. The van der Waals surface area contributed by atoms with Crippen LogP contribution < -0.4 is 0 Å². The second-order valence-corrected chi connectivity index (χ2v) is 0. The average Bonchev–Trinajstić information content (AvgIpc) is 1.00. The first-order valence-corrected chi connectivity index (χ1v) is 4.11. The summed E-state index contributed by atoms with van der Waals surface area (Å²) < 4.78 is 0. The van der Waals surface area contributed by atoms with Crippen LogP contribution in [0.3, 0.4) is 0 Å². The SMILES string of the molecule is [Nb].[S]=[Sn].[Zn]. The van der Waals surface area contributed by atoms with Gasteiger partial charge in [-0.15, -0.1) is 0 Å². The van der Waals surface area contributed by atoms with Crippen molar-refractivity contribution in [2.75, 3.05) is 0 Å². The van der Waals surface area contributed by atoms with E-state index in [1.807, 2.05) is 0 Å². The molecule has 0 rings (SSSR count). The summed E-state index contributed by atoms with van der Waals surface area (Å²) in [6.45, 7) is 0. The molecule has 0 aromatic heterocycles. The molecule has 0 aromatic rings. The van der Waals surface area contributed by atoms with Gasteiger partial charge in [0.15, 0.2) is 0 Å². The van der Waals surface area contributed by atoms with Gasteiger partial charge in [0, 0.05) is 41.9 Å². The van der Waals surface area contributed by atoms with E-state index >= 15 is 0 Å². The van der Waals surface area contributed by atoms with E-state index in [4.69, 9.17) is 0 Å². The molecule has 17 valence electrons. The molecule has 0 bridgehead atoms. The molecule has 0 aliphatic rings. The minimum absolute atomic E-state index is 0. The van der Waals surface area contributed by atoms with Crippen molar-refractivity contribution in [2.45, 2.75) is 0 Å². The molecule has 0 saturated heterocycles. The van der Waals surface area contributed by atoms with Gasteiger partial charge >= 0.3 is 29.9 Å². The fourth-order valence-electron chi connectivity index (χ4n) is 0. The average molecular weight is 309 g/mol. The predicted molar refractivity (Wildman–Crippen MR) is 13.3 cm³/mol. The molecule has 0 N–H and O–H groups in total. The fourth-order valence-corrected chi connectivity index (χ4v) is 0. The van der Waals surface area contributed by atoms with Crippen LogP contribution in [0.15, 0.2) is 0 Å². The zero-order chi connectivity index (χ0) is 2.00. The summed E-state index contributed by atoms with van der Waals surface area (Å²) in [7, 11) is 4.17. The topological polar surface area (TPSA) is 0 Å². The normalized spacial score (nSPS) is 1.00. The van der Waals surface area contributed by atoms with Gasteiger partial charge in [-0.05, 0) is 0 Å². The van der Waals surface area contributed by atoms with Crippen LogP contribution in [0, 0.1) is 0 Å². The molecule has 0 atom stereocenters. The number of hydrogen-bond acceptors (Lipinski definition) is 1. The Labute approximate surface area is 70.6 Å². The van der Waals surface area contributed by atoms with Crippen LogP contribution in [0.4, 0.5) is 0 Å². The van der Waals surface area contributed by atoms with Crippen molar-refractivity contribution < 1.29 is 41.9 Å². The minimum Gasteiger partial charge on any atom is 0 e. The molecule has 0 amide bonds. The summed E-state index contributed by atoms with van der Waals surface area (Å²) in [6, 6.07) is 0. The first-order chi connectivity index (χ1) is 1.00. The van der Waals surface area contributed by atoms with Crippen molar-refractivity contribution in [3.63, 3.8) is 0 Å². The van der Waals surface area contributed by atoms with Crippen molar-refractivity contribution in [3.05, 3.63) is 0 Å². The standard InChI is InChI=1S/Nb.S.Sn.Zn. The molecule has 0 fully saturated rings. The molecule has 0 heterocycles. The van der Waals surface area contributed by atoms with Gasteiger partial charge in [0.1, 0.15) is 0 Å². The van der Waals surface area contributed by atoms with Gasteiger partial charge in [-0.2, -0.15) is 0 Å². The smallest absolute Gasteiger partial charge is 0 e. The fraction of sp³-hybridized carbons (Fsp3) is 0. The molecule has 0 unspecified atom stereocenters. The summed E-state index contributed by atoms with van der Waals surface area (Å²) in [5, 5.41) is 0. The van der Waals surface area contributed by atoms with Gasteiger partial charge in [0.05, 0.1) is 0 Å². The number of rotatable bonds is 0. The van der Waals surface area contributed by atoms with Gasteiger partial charge in [0.2, 0.25) is 0 Å². The Bertz CT molecular complexity index is 8.00. The van der Waals surface area contributed by atoms with E-state index in [1.165, 1.54) is 0 Å². The molecule has 0 nitrogen and oxygen atoms in total. The molecule has 0 aliphatic heterocycles. The van der Waals surface area contributed by atoms with E-state index in [2.05, 4.69) is 9.29 Å². The largest absolute Gasteiger partial charge is 0 e. The zero-order valence-electron chi connectivity index (χ0n) is 2.06. The van der Waals surface area contributed by atoms with Crippen LogP contribution in [-0.2, 0) is 41.9 Å². The molecule has 4 heteroatoms. The Balaban J connectivity index is -0.00000000500. The van der Waals surface area contributed by atoms with Crippen molar-refractivity contribution in [1.82, 2.24) is 0 Å². The van der Waals surface area contributed by atoms with Crippen LogP contribution in [0.1, 0.15) is 0 Å². The second kappa shape index (κ2) is 18.2. The first-order valence-electron chi connectivity index (χ1n) is 0.204. The molecular weight excluding hydrogens is 309 g/mol. The van der Waals surface area contributed by atoms with E-state index in [-0.39, 0.29) is 41.9 Å². The van der Waals surface area contributed by atoms with Crippen LogP contribution in [0.2, 0.25) is 0 Å². The van der Waals surface area contributed by atoms with E-state index in [0.717, 1.165) is 20.6 Å². The molecule has 3 radical (unpaired) electrons. The van der Waals surface area contributed by atoms with E-state index in [9.17, 15) is 0 Å². The van der Waals surface area contributed by atoms with Crippen molar-refractivity contribution in [3.8, 4) is 0 Å². The Morgan fingerprint density at radius 3 is 1.25 bits per heavy atom. The van der Waals surface area contributed by atoms with Crippen molar-refractivity contribution in [1.29, 1.82) is 0 Å². The summed E-state index contributed by atoms with van der Waals surface area (Å²) in [5.41, 5.74) is 0. The summed E-state index contributed by atoms with van der Waals surface area (Å²) in [6.07, 6.45) is 0. The van der Waals surface area contributed by atoms with Gasteiger partial charge in [0.25, 0.3) is 0 Å². The maximum Gasteiger partial charge on any atom is 0 e. The van der Waals surface area contributed by atoms with Gasteiger partial charge in [-0.3, -0.25) is 0 Å². The van der Waals surface area contributed by atoms with Crippen LogP contribution in [0.25, 0.3) is 0 Å². The summed E-state index contributed by atoms with van der Waals surface area (Å²) in [5.74, 6) is 0. The molecule has 0 spiro atoms. The van der Waals surface area contributed by atoms with Crippen molar-refractivity contribution >= 4 is 29.9 Å². The van der Waals surface area contributed by atoms with Gasteiger partial charge in [-0.25, -0.2) is 0 Å². The molecule has 4 heavy (non-hydrogen) atoms. The summed E-state index contributed by atoms with van der Waals surface area (Å²) in [4.78, 5) is 0. The van der Waals surface area contributed by atoms with Gasteiger partial charge < -0.3 is 0 Å². The maximum absolute atomic E-state index is 4.17. The monoisotopic (exact) mass is 309 g/mol. The molecule has 0 saturated carbocycles. The number of hydrogen-bond donors (Lipinski definition) is 0. The third-order valence-electron chi connectivity index (χ3n) is 0. The Hall–Kier alpha value is 2.38. The van der Waals surface area contributed by atoms with E-state index < -0.39 is 0 Å². The Morgan fingerprint density at radius 2 is 1.25 bits per heavy atom. The van der Waals surface area contributed by atoms with E-state index in [1.54, 1.807) is 0 Å². The second-order valence-electron chi connectivity index (χ2n) is 0. The van der Waals surface area contributed by atoms with Crippen molar-refractivity contribution in [2.24, 2.45) is 0 Å². The first kappa shape index (κ1) is 16.2. The molecule has 0 aromatic carbocycles. The van der Waals surface area contributed by atoms with Crippen LogP contribution in [-0.4, -0.2) is 20.6 Å². The van der Waals surface area contributed by atoms with Crippen LogP contribution >= 0.6 is 9.29 Å². The molecular formula is NbSSnZn. The van der Waals surface area contributed by atoms with Gasteiger partial charge in [-0.1, -0.05) is 0 Å². The predicted octanol–water partition coefficient (Wildman–Crippen LogP) is 0.262. The minimum atomic E-state index is 0. The van der Waals surface area contributed by atoms with E-state index in [0.29, 0.717) is 0 Å². The quantitative estimate of drug-likeness (QED) is 0.579. The maximum atomic E-state index is 4.17. The Morgan fingerprint density at radius 1 is 1.25 bits per heavy atom. The van der Waals surface area contributed by atoms with Crippen LogP contribution in [0.5, 0.6) is 0 Å².